The second-order valence-corrected chi connectivity index (χ2v) is 5.97. The normalized spacial score (nSPS) is 16.8. The monoisotopic (exact) mass is 269 g/mol. The highest BCUT2D eigenvalue weighted by Crippen LogP contribution is 2.25. The number of nitrogens with zero attached hydrogens (tertiary/aromatic N) is 2. The van der Waals surface area contributed by atoms with E-state index < -0.39 is 0 Å². The first-order chi connectivity index (χ1) is 9.74. The maximum absolute atomic E-state index is 4.56. The van der Waals surface area contributed by atoms with Gasteiger partial charge in [0.15, 0.2) is 0 Å². The molecule has 0 radical (unpaired) electrons. The summed E-state index contributed by atoms with van der Waals surface area (Å²) in [6.07, 6.45) is 6.54. The summed E-state index contributed by atoms with van der Waals surface area (Å²) in [5.41, 5.74) is 3.87. The average molecular weight is 269 g/mol. The lowest BCUT2D eigenvalue weighted by atomic mass is 10.0. The second kappa shape index (κ2) is 5.80. The molecule has 1 aromatic carbocycles. The van der Waals surface area contributed by atoms with Gasteiger partial charge in [0.2, 0.25) is 0 Å². The van der Waals surface area contributed by atoms with Gasteiger partial charge in [-0.2, -0.15) is 5.10 Å². The summed E-state index contributed by atoms with van der Waals surface area (Å²) in [5, 5.41) is 7.96. The number of nitrogens with one attached hydrogen (secondary N) is 1. The largest absolute Gasteiger partial charge is 0.317 e. The van der Waals surface area contributed by atoms with Crippen molar-refractivity contribution in [1.82, 2.24) is 15.1 Å². The molecule has 1 aromatic heterocycles. The molecule has 1 fully saturated rings. The lowest BCUT2D eigenvalue weighted by Gasteiger charge is -2.22. The number of rotatable bonds is 3. The Morgan fingerprint density at radius 1 is 1.10 bits per heavy atom. The summed E-state index contributed by atoms with van der Waals surface area (Å²) in [7, 11) is 0. The van der Waals surface area contributed by atoms with Gasteiger partial charge in [-0.25, -0.2) is 0 Å². The van der Waals surface area contributed by atoms with Crippen molar-refractivity contribution in [2.75, 3.05) is 13.1 Å². The average Bonchev–Trinajstić information content (AvgIpc) is 2.98. The highest BCUT2D eigenvalue weighted by atomic mass is 15.3. The third-order valence-electron chi connectivity index (χ3n) is 4.19. The Morgan fingerprint density at radius 3 is 2.45 bits per heavy atom. The minimum atomic E-state index is 0.555. The Balaban J connectivity index is 1.78. The van der Waals surface area contributed by atoms with Gasteiger partial charge in [0.1, 0.15) is 0 Å². The van der Waals surface area contributed by atoms with Crippen molar-refractivity contribution in [1.29, 1.82) is 0 Å². The molecule has 0 saturated carbocycles. The van der Waals surface area contributed by atoms with E-state index in [2.05, 4.69) is 59.4 Å². The van der Waals surface area contributed by atoms with Crippen LogP contribution in [0.15, 0.2) is 36.7 Å². The molecule has 0 bridgehead atoms. The Bertz CT molecular complexity index is 548. The smallest absolute Gasteiger partial charge is 0.0568 e. The maximum Gasteiger partial charge on any atom is 0.0568 e. The van der Waals surface area contributed by atoms with E-state index in [1.54, 1.807) is 0 Å². The molecular formula is C17H23N3. The van der Waals surface area contributed by atoms with Gasteiger partial charge in [0.05, 0.1) is 12.2 Å². The minimum Gasteiger partial charge on any atom is -0.317 e. The van der Waals surface area contributed by atoms with Crippen LogP contribution in [-0.2, 0) is 0 Å². The molecule has 20 heavy (non-hydrogen) atoms. The number of hydrogen-bond donors (Lipinski definition) is 1. The van der Waals surface area contributed by atoms with Gasteiger partial charge in [-0.05, 0) is 43.0 Å². The van der Waals surface area contributed by atoms with Gasteiger partial charge in [-0.3, -0.25) is 4.68 Å². The van der Waals surface area contributed by atoms with Crippen molar-refractivity contribution in [3.8, 4) is 11.1 Å². The van der Waals surface area contributed by atoms with Gasteiger partial charge in [0, 0.05) is 11.8 Å². The van der Waals surface area contributed by atoms with E-state index in [0.717, 1.165) is 13.1 Å². The van der Waals surface area contributed by atoms with E-state index in [9.17, 15) is 0 Å². The molecule has 2 aromatic rings. The number of benzene rings is 1. The first kappa shape index (κ1) is 13.4. The molecule has 0 aliphatic carbocycles. The van der Waals surface area contributed by atoms with Crippen molar-refractivity contribution < 1.29 is 0 Å². The van der Waals surface area contributed by atoms with Crippen LogP contribution in [0.25, 0.3) is 11.1 Å². The quantitative estimate of drug-likeness (QED) is 0.922. The standard InChI is InChI=1S/C17H23N3/c1-13(2)14-3-5-15(6-4-14)16-11-19-20(12-16)17-7-9-18-10-8-17/h3-6,11-13,17-18H,7-10H2,1-2H3. The second-order valence-electron chi connectivity index (χ2n) is 5.97. The van der Waals surface area contributed by atoms with Crippen LogP contribution < -0.4 is 5.32 Å². The molecule has 0 atom stereocenters. The molecule has 3 nitrogen and oxygen atoms in total. The highest BCUT2D eigenvalue weighted by molar-refractivity contribution is 5.62. The van der Waals surface area contributed by atoms with Gasteiger partial charge in [-0.1, -0.05) is 38.1 Å². The first-order valence-electron chi connectivity index (χ1n) is 7.59. The van der Waals surface area contributed by atoms with E-state index in [1.807, 2.05) is 6.20 Å². The Kier molecular flexibility index (Phi) is 3.88. The summed E-state index contributed by atoms with van der Waals surface area (Å²) in [6, 6.07) is 9.42. The molecule has 0 unspecified atom stereocenters. The lowest BCUT2D eigenvalue weighted by Crippen LogP contribution is -2.29. The molecule has 1 aliphatic rings. The van der Waals surface area contributed by atoms with Crippen LogP contribution in [0.4, 0.5) is 0 Å². The van der Waals surface area contributed by atoms with Crippen molar-refractivity contribution in [3.05, 3.63) is 42.2 Å². The molecule has 1 N–H and O–H groups in total. The van der Waals surface area contributed by atoms with Crippen LogP contribution in [0.5, 0.6) is 0 Å². The zero-order chi connectivity index (χ0) is 13.9. The van der Waals surface area contributed by atoms with Crippen molar-refractivity contribution in [2.24, 2.45) is 0 Å². The van der Waals surface area contributed by atoms with E-state index in [-0.39, 0.29) is 0 Å². The third-order valence-corrected chi connectivity index (χ3v) is 4.19. The van der Waals surface area contributed by atoms with Crippen LogP contribution in [0.3, 0.4) is 0 Å². The fourth-order valence-electron chi connectivity index (χ4n) is 2.82. The molecule has 0 amide bonds. The Morgan fingerprint density at radius 2 is 1.80 bits per heavy atom. The molecule has 3 heteroatoms. The van der Waals surface area contributed by atoms with E-state index in [1.165, 1.54) is 29.5 Å². The zero-order valence-corrected chi connectivity index (χ0v) is 12.3. The zero-order valence-electron chi connectivity index (χ0n) is 12.3. The number of aromatic nitrogens is 2. The summed E-state index contributed by atoms with van der Waals surface area (Å²) in [4.78, 5) is 0. The van der Waals surface area contributed by atoms with Gasteiger partial charge in [-0.15, -0.1) is 0 Å². The predicted octanol–water partition coefficient (Wildman–Crippen LogP) is 3.60. The molecule has 1 aliphatic heterocycles. The first-order valence-corrected chi connectivity index (χ1v) is 7.59. The van der Waals surface area contributed by atoms with E-state index in [4.69, 9.17) is 0 Å². The van der Waals surface area contributed by atoms with Crippen LogP contribution in [0, 0.1) is 0 Å². The highest BCUT2D eigenvalue weighted by Gasteiger charge is 2.15. The topological polar surface area (TPSA) is 29.9 Å². The molecule has 106 valence electrons. The third kappa shape index (κ3) is 2.78. The fourth-order valence-corrected chi connectivity index (χ4v) is 2.82. The summed E-state index contributed by atoms with van der Waals surface area (Å²) in [6.45, 7) is 6.65. The van der Waals surface area contributed by atoms with Gasteiger partial charge in [0.25, 0.3) is 0 Å². The SMILES string of the molecule is CC(C)c1ccc(-c2cnn(C3CCNCC3)c2)cc1. The van der Waals surface area contributed by atoms with Crippen molar-refractivity contribution in [3.63, 3.8) is 0 Å². The molecule has 0 spiro atoms. The van der Waals surface area contributed by atoms with Gasteiger partial charge < -0.3 is 5.32 Å². The summed E-state index contributed by atoms with van der Waals surface area (Å²) >= 11 is 0. The Hall–Kier alpha value is -1.61. The molecule has 3 rings (SSSR count). The van der Waals surface area contributed by atoms with Gasteiger partial charge >= 0.3 is 0 Å². The lowest BCUT2D eigenvalue weighted by molar-refractivity contribution is 0.343. The molecule has 2 heterocycles. The van der Waals surface area contributed by atoms with Crippen LogP contribution in [0.2, 0.25) is 0 Å². The van der Waals surface area contributed by atoms with Crippen molar-refractivity contribution >= 4 is 0 Å². The maximum atomic E-state index is 4.56. The van der Waals surface area contributed by atoms with Crippen molar-refractivity contribution in [2.45, 2.75) is 38.6 Å². The molecular weight excluding hydrogens is 246 g/mol. The Labute approximate surface area is 121 Å². The number of hydrogen-bond acceptors (Lipinski definition) is 2. The van der Waals surface area contributed by atoms with Crippen LogP contribution in [0.1, 0.15) is 44.2 Å². The van der Waals surface area contributed by atoms with Crippen LogP contribution in [-0.4, -0.2) is 22.9 Å². The van der Waals surface area contributed by atoms with Crippen LogP contribution >= 0.6 is 0 Å². The fraction of sp³-hybridized carbons (Fsp3) is 0.471. The summed E-state index contributed by atoms with van der Waals surface area (Å²) in [5.74, 6) is 0.585. The van der Waals surface area contributed by atoms with E-state index in [0.29, 0.717) is 12.0 Å². The minimum absolute atomic E-state index is 0.555. The van der Waals surface area contributed by atoms with E-state index >= 15 is 0 Å². The summed E-state index contributed by atoms with van der Waals surface area (Å²) < 4.78 is 2.15. The number of piperidine rings is 1. The predicted molar refractivity (Wildman–Crippen MR) is 82.9 cm³/mol. The molecule has 1 saturated heterocycles.